The Labute approximate surface area is 152 Å². The molecule has 0 spiro atoms. The molecule has 140 valence electrons. The van der Waals surface area contributed by atoms with Crippen LogP contribution in [-0.4, -0.2) is 23.2 Å². The first-order valence-corrected chi connectivity index (χ1v) is 7.52. The van der Waals surface area contributed by atoms with Crippen LogP contribution in [0.1, 0.15) is 27.0 Å². The van der Waals surface area contributed by atoms with Crippen molar-refractivity contribution in [1.82, 2.24) is 10.9 Å². The lowest BCUT2D eigenvalue weighted by atomic mass is 10.1. The summed E-state index contributed by atoms with van der Waals surface area (Å²) in [5.74, 6) is -1.26. The summed E-state index contributed by atoms with van der Waals surface area (Å²) in [4.78, 5) is 23.0. The van der Waals surface area contributed by atoms with Crippen LogP contribution in [0, 0.1) is 0 Å². The Morgan fingerprint density at radius 2 is 1.74 bits per heavy atom. The predicted octanol–water partition coefficient (Wildman–Crippen LogP) is 2.99. The summed E-state index contributed by atoms with van der Waals surface area (Å²) in [5, 5.41) is 12.1. The first-order valence-electron chi connectivity index (χ1n) is 7.52. The van der Waals surface area contributed by atoms with Crippen LogP contribution >= 0.6 is 0 Å². The SMILES string of the molecule is O=C(/C=C/c1cccc(C(=O)N/N=C\c2ccc(C(F)(F)F)cc2)c1)NO. The largest absolute Gasteiger partial charge is 0.416 e. The highest BCUT2D eigenvalue weighted by Gasteiger charge is 2.29. The van der Waals surface area contributed by atoms with Crippen LogP contribution in [0.2, 0.25) is 0 Å². The molecule has 3 N–H and O–H groups in total. The molecule has 0 bridgehead atoms. The van der Waals surface area contributed by atoms with Crippen LogP contribution in [0.5, 0.6) is 0 Å². The number of nitrogens with zero attached hydrogens (tertiary/aromatic N) is 1. The number of halogens is 3. The van der Waals surface area contributed by atoms with Crippen LogP contribution < -0.4 is 10.9 Å². The topological polar surface area (TPSA) is 90.8 Å². The number of nitrogens with one attached hydrogen (secondary N) is 2. The number of carbonyl (C=O) groups excluding carboxylic acids is 2. The Balaban J connectivity index is 2.00. The summed E-state index contributed by atoms with van der Waals surface area (Å²) in [5.41, 5.74) is 4.11. The fraction of sp³-hybridized carbons (Fsp3) is 0.0556. The summed E-state index contributed by atoms with van der Waals surface area (Å²) in [7, 11) is 0. The lowest BCUT2D eigenvalue weighted by molar-refractivity contribution is -0.137. The van der Waals surface area contributed by atoms with E-state index in [-0.39, 0.29) is 5.56 Å². The highest BCUT2D eigenvalue weighted by atomic mass is 19.4. The van der Waals surface area contributed by atoms with Crippen molar-refractivity contribution >= 4 is 24.1 Å². The van der Waals surface area contributed by atoms with E-state index in [1.165, 1.54) is 42.0 Å². The minimum Gasteiger partial charge on any atom is -0.288 e. The van der Waals surface area contributed by atoms with E-state index < -0.39 is 23.6 Å². The Kier molecular flexibility index (Phi) is 6.45. The van der Waals surface area contributed by atoms with Gasteiger partial charge < -0.3 is 0 Å². The van der Waals surface area contributed by atoms with Crippen molar-refractivity contribution in [3.8, 4) is 0 Å². The van der Waals surface area contributed by atoms with Gasteiger partial charge in [-0.05, 0) is 41.5 Å². The summed E-state index contributed by atoms with van der Waals surface area (Å²) in [6, 6.07) is 10.5. The van der Waals surface area contributed by atoms with Gasteiger partial charge in [-0.3, -0.25) is 14.8 Å². The van der Waals surface area contributed by atoms with E-state index in [4.69, 9.17) is 5.21 Å². The van der Waals surface area contributed by atoms with E-state index in [0.717, 1.165) is 18.2 Å². The summed E-state index contributed by atoms with van der Waals surface area (Å²) in [6.07, 6.45) is -0.720. The highest BCUT2D eigenvalue weighted by Crippen LogP contribution is 2.28. The number of alkyl halides is 3. The summed E-state index contributed by atoms with van der Waals surface area (Å²) >= 11 is 0. The number of amides is 2. The Hall–Kier alpha value is -3.46. The van der Waals surface area contributed by atoms with Gasteiger partial charge in [0.25, 0.3) is 11.8 Å². The maximum absolute atomic E-state index is 12.5. The molecule has 2 aromatic rings. The lowest BCUT2D eigenvalue weighted by Crippen LogP contribution is -2.17. The molecular weight excluding hydrogens is 363 g/mol. The first kappa shape index (κ1) is 19.9. The van der Waals surface area contributed by atoms with Crippen LogP contribution in [0.15, 0.2) is 59.7 Å². The van der Waals surface area contributed by atoms with E-state index in [1.807, 2.05) is 0 Å². The summed E-state index contributed by atoms with van der Waals surface area (Å²) in [6.45, 7) is 0. The molecule has 27 heavy (non-hydrogen) atoms. The Bertz CT molecular complexity index is 875. The van der Waals surface area contributed by atoms with Gasteiger partial charge in [-0.2, -0.15) is 18.3 Å². The van der Waals surface area contributed by atoms with Crippen molar-refractivity contribution < 1.29 is 28.0 Å². The van der Waals surface area contributed by atoms with Crippen molar-refractivity contribution in [2.24, 2.45) is 5.10 Å². The maximum Gasteiger partial charge on any atom is 0.416 e. The molecule has 0 atom stereocenters. The van der Waals surface area contributed by atoms with Gasteiger partial charge >= 0.3 is 6.18 Å². The van der Waals surface area contributed by atoms with Gasteiger partial charge in [-0.15, -0.1) is 0 Å². The number of hydrogen-bond acceptors (Lipinski definition) is 4. The van der Waals surface area contributed by atoms with Crippen molar-refractivity contribution in [2.75, 3.05) is 0 Å². The van der Waals surface area contributed by atoms with Gasteiger partial charge in [0.1, 0.15) is 0 Å². The third-order valence-corrected chi connectivity index (χ3v) is 3.30. The van der Waals surface area contributed by atoms with E-state index in [1.54, 1.807) is 12.1 Å². The van der Waals surface area contributed by atoms with Crippen LogP contribution in [0.25, 0.3) is 6.08 Å². The molecule has 0 heterocycles. The zero-order chi connectivity index (χ0) is 19.9. The molecule has 0 aliphatic carbocycles. The molecule has 2 aromatic carbocycles. The average Bonchev–Trinajstić information content (AvgIpc) is 2.66. The van der Waals surface area contributed by atoms with Gasteiger partial charge in [0, 0.05) is 11.6 Å². The van der Waals surface area contributed by atoms with E-state index >= 15 is 0 Å². The third-order valence-electron chi connectivity index (χ3n) is 3.30. The molecule has 0 aliphatic rings. The molecule has 0 saturated carbocycles. The molecule has 6 nitrogen and oxygen atoms in total. The molecule has 0 saturated heterocycles. The van der Waals surface area contributed by atoms with Gasteiger partial charge in [-0.1, -0.05) is 24.3 Å². The molecule has 0 aromatic heterocycles. The van der Waals surface area contributed by atoms with Crippen molar-refractivity contribution in [2.45, 2.75) is 6.18 Å². The zero-order valence-corrected chi connectivity index (χ0v) is 13.7. The van der Waals surface area contributed by atoms with Gasteiger partial charge in [0.15, 0.2) is 0 Å². The number of rotatable bonds is 5. The van der Waals surface area contributed by atoms with E-state index in [0.29, 0.717) is 11.1 Å². The van der Waals surface area contributed by atoms with Gasteiger partial charge in [0.2, 0.25) is 0 Å². The fourth-order valence-corrected chi connectivity index (χ4v) is 1.98. The number of carbonyl (C=O) groups is 2. The van der Waals surface area contributed by atoms with Crippen molar-refractivity contribution in [3.63, 3.8) is 0 Å². The summed E-state index contributed by atoms with van der Waals surface area (Å²) < 4.78 is 37.5. The van der Waals surface area contributed by atoms with Gasteiger partial charge in [0.05, 0.1) is 11.8 Å². The second-order valence-corrected chi connectivity index (χ2v) is 5.25. The normalized spacial score (nSPS) is 11.7. The standard InChI is InChI=1S/C18H14F3N3O3/c19-18(20,21)15-7-4-13(5-8-15)11-22-23-17(26)14-3-1-2-12(10-14)6-9-16(25)24-27/h1-11,27H,(H,23,26)(H,24,25)/b9-6+,22-11-. The molecule has 9 heteroatoms. The molecule has 0 aliphatic heterocycles. The molecule has 2 amide bonds. The second kappa shape index (κ2) is 8.77. The Morgan fingerprint density at radius 1 is 1.04 bits per heavy atom. The predicted molar refractivity (Wildman–Crippen MR) is 91.9 cm³/mol. The van der Waals surface area contributed by atoms with Crippen LogP contribution in [-0.2, 0) is 11.0 Å². The number of benzene rings is 2. The van der Waals surface area contributed by atoms with Crippen molar-refractivity contribution in [1.29, 1.82) is 0 Å². The Morgan fingerprint density at radius 3 is 2.37 bits per heavy atom. The van der Waals surface area contributed by atoms with Crippen LogP contribution in [0.3, 0.4) is 0 Å². The van der Waals surface area contributed by atoms with E-state index in [9.17, 15) is 22.8 Å². The average molecular weight is 377 g/mol. The molecular formula is C18H14F3N3O3. The molecule has 2 rings (SSSR count). The lowest BCUT2D eigenvalue weighted by Gasteiger charge is -2.05. The molecule has 0 unspecified atom stereocenters. The molecule has 0 fully saturated rings. The number of hydrogen-bond donors (Lipinski definition) is 3. The highest BCUT2D eigenvalue weighted by molar-refractivity contribution is 5.96. The third kappa shape index (κ3) is 6.08. The van der Waals surface area contributed by atoms with Crippen LogP contribution in [0.4, 0.5) is 13.2 Å². The van der Waals surface area contributed by atoms with E-state index in [2.05, 4.69) is 10.5 Å². The zero-order valence-electron chi connectivity index (χ0n) is 13.7. The maximum atomic E-state index is 12.5. The monoisotopic (exact) mass is 377 g/mol. The number of hydroxylamine groups is 1. The second-order valence-electron chi connectivity index (χ2n) is 5.25. The smallest absolute Gasteiger partial charge is 0.288 e. The number of hydrazone groups is 1. The van der Waals surface area contributed by atoms with Gasteiger partial charge in [-0.25, -0.2) is 10.9 Å². The first-order chi connectivity index (χ1) is 12.8. The minimum atomic E-state index is -4.42. The quantitative estimate of drug-likeness (QED) is 0.324. The van der Waals surface area contributed by atoms with Crippen molar-refractivity contribution in [3.05, 3.63) is 76.9 Å². The minimum absolute atomic E-state index is 0.256. The molecule has 0 radical (unpaired) electrons. The fourth-order valence-electron chi connectivity index (χ4n) is 1.98.